The molecule has 0 aliphatic rings. The molecule has 0 spiro atoms. The van der Waals surface area contributed by atoms with Gasteiger partial charge in [0, 0.05) is 11.3 Å². The number of Topliss-reactive ketones (excluding diaryl/α,β-unsaturated/α-hetero) is 1. The maximum absolute atomic E-state index is 11.9. The molecule has 0 aliphatic heterocycles. The van der Waals surface area contributed by atoms with Gasteiger partial charge < -0.3 is 14.8 Å². The van der Waals surface area contributed by atoms with Crippen molar-refractivity contribution < 1.29 is 23.9 Å². The van der Waals surface area contributed by atoms with E-state index in [0.29, 0.717) is 17.0 Å². The number of para-hydroxylation sites is 1. The number of hydrogen-bond donors (Lipinski definition) is 1. The van der Waals surface area contributed by atoms with Crippen LogP contribution in [-0.2, 0) is 14.3 Å². The lowest BCUT2D eigenvalue weighted by atomic mass is 10.1. The van der Waals surface area contributed by atoms with Gasteiger partial charge in [0.1, 0.15) is 5.75 Å². The molecule has 0 saturated carbocycles. The topological polar surface area (TPSA) is 81.7 Å². The minimum Gasteiger partial charge on any atom is -0.479 e. The third kappa shape index (κ3) is 5.76. The van der Waals surface area contributed by atoms with E-state index in [1.165, 1.54) is 6.92 Å². The molecule has 0 fully saturated rings. The average Bonchev–Trinajstić information content (AvgIpc) is 2.61. The zero-order chi connectivity index (χ0) is 18.2. The van der Waals surface area contributed by atoms with Gasteiger partial charge >= 0.3 is 5.97 Å². The number of esters is 1. The summed E-state index contributed by atoms with van der Waals surface area (Å²) in [7, 11) is 0. The van der Waals surface area contributed by atoms with Crippen molar-refractivity contribution in [2.45, 2.75) is 20.0 Å². The van der Waals surface area contributed by atoms with Crippen LogP contribution in [0.5, 0.6) is 5.75 Å². The lowest BCUT2D eigenvalue weighted by Gasteiger charge is -2.13. The Morgan fingerprint density at radius 1 is 1.00 bits per heavy atom. The first kappa shape index (κ1) is 18.2. The number of carbonyl (C=O) groups is 3. The van der Waals surface area contributed by atoms with E-state index >= 15 is 0 Å². The number of benzene rings is 2. The Balaban J connectivity index is 1.78. The fraction of sp³-hybridized carbons (Fsp3) is 0.211. The zero-order valence-electron chi connectivity index (χ0n) is 14.0. The second-order valence-electron chi connectivity index (χ2n) is 5.36. The average molecular weight is 341 g/mol. The fourth-order valence-corrected chi connectivity index (χ4v) is 1.99. The van der Waals surface area contributed by atoms with Gasteiger partial charge in [-0.15, -0.1) is 0 Å². The molecule has 0 aromatic heterocycles. The zero-order valence-corrected chi connectivity index (χ0v) is 14.0. The summed E-state index contributed by atoms with van der Waals surface area (Å²) in [6.07, 6.45) is -0.829. The molecule has 1 atom stereocenters. The maximum Gasteiger partial charge on any atom is 0.347 e. The molecule has 2 aromatic carbocycles. The van der Waals surface area contributed by atoms with Crippen molar-refractivity contribution in [1.82, 2.24) is 0 Å². The van der Waals surface area contributed by atoms with Gasteiger partial charge in [0.2, 0.25) is 0 Å². The van der Waals surface area contributed by atoms with E-state index in [1.54, 1.807) is 55.5 Å². The molecule has 130 valence electrons. The van der Waals surface area contributed by atoms with Gasteiger partial charge in [0.15, 0.2) is 18.5 Å². The van der Waals surface area contributed by atoms with Crippen molar-refractivity contribution in [1.29, 1.82) is 0 Å². The summed E-state index contributed by atoms with van der Waals surface area (Å²) >= 11 is 0. The van der Waals surface area contributed by atoms with Gasteiger partial charge in [-0.3, -0.25) is 9.59 Å². The van der Waals surface area contributed by atoms with E-state index in [-0.39, 0.29) is 5.78 Å². The highest BCUT2D eigenvalue weighted by molar-refractivity contribution is 5.96. The second-order valence-corrected chi connectivity index (χ2v) is 5.36. The molecule has 25 heavy (non-hydrogen) atoms. The number of nitrogens with one attached hydrogen (secondary N) is 1. The van der Waals surface area contributed by atoms with Gasteiger partial charge in [0.25, 0.3) is 5.91 Å². The highest BCUT2D eigenvalue weighted by Crippen LogP contribution is 2.12. The molecule has 0 heterocycles. The third-order valence-electron chi connectivity index (χ3n) is 3.31. The monoisotopic (exact) mass is 341 g/mol. The van der Waals surface area contributed by atoms with E-state index in [2.05, 4.69) is 5.32 Å². The maximum atomic E-state index is 11.9. The normalized spacial score (nSPS) is 11.3. The lowest BCUT2D eigenvalue weighted by Crippen LogP contribution is -2.29. The van der Waals surface area contributed by atoms with Crippen LogP contribution in [0.4, 0.5) is 5.69 Å². The standard InChI is InChI=1S/C19H19NO5/c1-13(21)15-8-10-16(11-9-15)20-18(22)12-24-19(23)14(2)25-17-6-4-3-5-7-17/h3-11,14H,12H2,1-2H3,(H,20,22)/t14-/m0/s1. The van der Waals surface area contributed by atoms with E-state index in [9.17, 15) is 14.4 Å². The first-order valence-corrected chi connectivity index (χ1v) is 7.75. The molecule has 0 saturated heterocycles. The van der Waals surface area contributed by atoms with Crippen LogP contribution in [0.25, 0.3) is 0 Å². The van der Waals surface area contributed by atoms with Gasteiger partial charge in [-0.05, 0) is 50.2 Å². The van der Waals surface area contributed by atoms with Crippen molar-refractivity contribution in [3.8, 4) is 5.75 Å². The summed E-state index contributed by atoms with van der Waals surface area (Å²) in [5.74, 6) is -0.622. The van der Waals surface area contributed by atoms with Crippen LogP contribution in [0.2, 0.25) is 0 Å². The Labute approximate surface area is 145 Å². The van der Waals surface area contributed by atoms with Gasteiger partial charge in [-0.25, -0.2) is 4.79 Å². The van der Waals surface area contributed by atoms with Crippen molar-refractivity contribution >= 4 is 23.3 Å². The Bertz CT molecular complexity index is 740. The smallest absolute Gasteiger partial charge is 0.347 e. The molecule has 6 nitrogen and oxygen atoms in total. The van der Waals surface area contributed by atoms with Crippen molar-refractivity contribution in [2.75, 3.05) is 11.9 Å². The molecular formula is C19H19NO5. The number of hydrogen-bond acceptors (Lipinski definition) is 5. The van der Waals surface area contributed by atoms with E-state index < -0.39 is 24.6 Å². The number of ether oxygens (including phenoxy) is 2. The number of anilines is 1. The molecule has 1 amide bonds. The Kier molecular flexibility index (Phi) is 6.28. The molecule has 2 aromatic rings. The number of rotatable bonds is 7. The quantitative estimate of drug-likeness (QED) is 0.618. The van der Waals surface area contributed by atoms with Crippen molar-refractivity contribution in [2.24, 2.45) is 0 Å². The second kappa shape index (κ2) is 8.63. The predicted octanol–water partition coefficient (Wildman–Crippen LogP) is 2.84. The summed E-state index contributed by atoms with van der Waals surface area (Å²) in [5.41, 5.74) is 1.07. The highest BCUT2D eigenvalue weighted by atomic mass is 16.6. The highest BCUT2D eigenvalue weighted by Gasteiger charge is 2.17. The summed E-state index contributed by atoms with van der Waals surface area (Å²) in [6, 6.07) is 15.3. The van der Waals surface area contributed by atoms with Crippen LogP contribution >= 0.6 is 0 Å². The van der Waals surface area contributed by atoms with Gasteiger partial charge in [0.05, 0.1) is 0 Å². The largest absolute Gasteiger partial charge is 0.479 e. The minimum atomic E-state index is -0.829. The lowest BCUT2D eigenvalue weighted by molar-refractivity contribution is -0.153. The Morgan fingerprint density at radius 2 is 1.64 bits per heavy atom. The fourth-order valence-electron chi connectivity index (χ4n) is 1.99. The molecule has 6 heteroatoms. The molecular weight excluding hydrogens is 322 g/mol. The number of amides is 1. The third-order valence-corrected chi connectivity index (χ3v) is 3.31. The SMILES string of the molecule is CC(=O)c1ccc(NC(=O)COC(=O)[C@H](C)Oc2ccccc2)cc1. The first-order valence-electron chi connectivity index (χ1n) is 7.75. The Hall–Kier alpha value is -3.15. The van der Waals surface area contributed by atoms with Crippen LogP contribution in [0.1, 0.15) is 24.2 Å². The molecule has 0 bridgehead atoms. The van der Waals surface area contributed by atoms with E-state index in [4.69, 9.17) is 9.47 Å². The van der Waals surface area contributed by atoms with Crippen LogP contribution in [0, 0.1) is 0 Å². The molecule has 0 unspecified atom stereocenters. The van der Waals surface area contributed by atoms with Crippen molar-refractivity contribution in [3.05, 3.63) is 60.2 Å². The number of carbonyl (C=O) groups excluding carboxylic acids is 3. The minimum absolute atomic E-state index is 0.0563. The molecule has 0 aliphatic carbocycles. The summed E-state index contributed by atoms with van der Waals surface area (Å²) in [6.45, 7) is 2.59. The van der Waals surface area contributed by atoms with E-state index in [1.807, 2.05) is 6.07 Å². The van der Waals surface area contributed by atoms with E-state index in [0.717, 1.165) is 0 Å². The van der Waals surface area contributed by atoms with Gasteiger partial charge in [-0.2, -0.15) is 0 Å². The Morgan fingerprint density at radius 3 is 2.24 bits per heavy atom. The molecule has 0 radical (unpaired) electrons. The van der Waals surface area contributed by atoms with Crippen LogP contribution in [0.3, 0.4) is 0 Å². The van der Waals surface area contributed by atoms with Crippen LogP contribution in [-0.4, -0.2) is 30.4 Å². The molecule has 2 rings (SSSR count). The predicted molar refractivity (Wildman–Crippen MR) is 92.6 cm³/mol. The summed E-state index contributed by atoms with van der Waals surface area (Å²) in [5, 5.41) is 2.58. The van der Waals surface area contributed by atoms with Crippen molar-refractivity contribution in [3.63, 3.8) is 0 Å². The van der Waals surface area contributed by atoms with Crippen LogP contribution in [0.15, 0.2) is 54.6 Å². The van der Waals surface area contributed by atoms with Gasteiger partial charge in [-0.1, -0.05) is 18.2 Å². The van der Waals surface area contributed by atoms with Crippen LogP contribution < -0.4 is 10.1 Å². The first-order chi connectivity index (χ1) is 12.0. The molecule has 1 N–H and O–H groups in total. The number of ketones is 1. The summed E-state index contributed by atoms with van der Waals surface area (Å²) < 4.78 is 10.4. The summed E-state index contributed by atoms with van der Waals surface area (Å²) in [4.78, 5) is 34.9.